The third kappa shape index (κ3) is 5.18. The maximum atomic E-state index is 13.3. The van der Waals surface area contributed by atoms with Crippen molar-refractivity contribution in [2.24, 2.45) is 0 Å². The lowest BCUT2D eigenvalue weighted by Crippen LogP contribution is -2.38. The van der Waals surface area contributed by atoms with Gasteiger partial charge in [-0.1, -0.05) is 35.9 Å². The number of carbonyl (C=O) groups is 1. The average molecular weight is 425 g/mol. The van der Waals surface area contributed by atoms with E-state index in [-0.39, 0.29) is 11.4 Å². The summed E-state index contributed by atoms with van der Waals surface area (Å²) < 4.78 is 33.1. The first-order valence-electron chi connectivity index (χ1n) is 9.57. The van der Waals surface area contributed by atoms with Crippen LogP contribution in [0.4, 0.5) is 11.4 Å². The van der Waals surface area contributed by atoms with Gasteiger partial charge in [-0.2, -0.15) is 0 Å². The highest BCUT2D eigenvalue weighted by atomic mass is 32.2. The molecule has 0 saturated heterocycles. The zero-order valence-corrected chi connectivity index (χ0v) is 17.7. The van der Waals surface area contributed by atoms with Gasteiger partial charge in [0.1, 0.15) is 12.3 Å². The van der Waals surface area contributed by atoms with E-state index in [0.29, 0.717) is 23.7 Å². The molecule has 1 N–H and O–H groups in total. The second kappa shape index (κ2) is 9.45. The number of sulfonamides is 1. The number of ether oxygens (including phenoxy) is 1. The van der Waals surface area contributed by atoms with E-state index in [9.17, 15) is 13.2 Å². The molecule has 0 atom stereocenters. The highest BCUT2D eigenvalue weighted by Crippen LogP contribution is 2.26. The molecule has 0 aliphatic rings. The van der Waals surface area contributed by atoms with Crippen LogP contribution in [-0.4, -0.2) is 27.5 Å². The molecule has 0 unspecified atom stereocenters. The van der Waals surface area contributed by atoms with Crippen molar-refractivity contribution in [2.75, 3.05) is 22.8 Å². The normalized spacial score (nSPS) is 11.0. The second-order valence-electron chi connectivity index (χ2n) is 6.67. The van der Waals surface area contributed by atoms with Gasteiger partial charge in [-0.15, -0.1) is 0 Å². The number of carbonyl (C=O) groups excluding carboxylic acids is 1. The molecule has 0 aromatic heterocycles. The van der Waals surface area contributed by atoms with Gasteiger partial charge in [0.25, 0.3) is 10.0 Å². The van der Waals surface area contributed by atoms with Crippen LogP contribution in [0.15, 0.2) is 83.8 Å². The summed E-state index contributed by atoms with van der Waals surface area (Å²) in [7, 11) is -3.94. The highest BCUT2D eigenvalue weighted by Gasteiger charge is 2.27. The van der Waals surface area contributed by atoms with E-state index in [1.54, 1.807) is 54.6 Å². The number of benzene rings is 3. The van der Waals surface area contributed by atoms with Gasteiger partial charge in [0.2, 0.25) is 5.91 Å². The maximum Gasteiger partial charge on any atom is 0.264 e. The Morgan fingerprint density at radius 3 is 2.17 bits per heavy atom. The Hall–Kier alpha value is -3.32. The SMILES string of the molecule is CCOc1ccc(N(CC(=O)Nc2ccc(C)cc2)S(=O)(=O)c2ccccc2)cc1. The number of amides is 1. The van der Waals surface area contributed by atoms with Crippen LogP contribution in [0.2, 0.25) is 0 Å². The summed E-state index contributed by atoms with van der Waals surface area (Å²) >= 11 is 0. The zero-order valence-electron chi connectivity index (χ0n) is 16.9. The first-order chi connectivity index (χ1) is 14.4. The predicted molar refractivity (Wildman–Crippen MR) is 118 cm³/mol. The summed E-state index contributed by atoms with van der Waals surface area (Å²) in [5.41, 5.74) is 2.05. The van der Waals surface area contributed by atoms with Crippen molar-refractivity contribution in [3.63, 3.8) is 0 Å². The first-order valence-corrected chi connectivity index (χ1v) is 11.0. The smallest absolute Gasteiger partial charge is 0.264 e. The van der Waals surface area contributed by atoms with E-state index >= 15 is 0 Å². The molecule has 0 radical (unpaired) electrons. The standard InChI is InChI=1S/C23H24N2O4S/c1-3-29-21-15-13-20(14-16-21)25(30(27,28)22-7-5-4-6-8-22)17-23(26)24-19-11-9-18(2)10-12-19/h4-16H,3,17H2,1-2H3,(H,24,26). The van der Waals surface area contributed by atoms with Crippen LogP contribution in [0.25, 0.3) is 0 Å². The Kier molecular flexibility index (Phi) is 6.74. The largest absolute Gasteiger partial charge is 0.494 e. The molecule has 3 rings (SSSR count). The highest BCUT2D eigenvalue weighted by molar-refractivity contribution is 7.92. The minimum atomic E-state index is -3.94. The third-order valence-corrected chi connectivity index (χ3v) is 6.18. The molecule has 0 fully saturated rings. The van der Waals surface area contributed by atoms with Crippen molar-refractivity contribution in [3.8, 4) is 5.75 Å². The fourth-order valence-corrected chi connectivity index (χ4v) is 4.32. The lowest BCUT2D eigenvalue weighted by atomic mass is 10.2. The Labute approximate surface area is 177 Å². The van der Waals surface area contributed by atoms with Crippen molar-refractivity contribution in [1.82, 2.24) is 0 Å². The Bertz CT molecular complexity index is 1080. The lowest BCUT2D eigenvalue weighted by Gasteiger charge is -2.24. The molecule has 7 heteroatoms. The quantitative estimate of drug-likeness (QED) is 0.587. The minimum Gasteiger partial charge on any atom is -0.494 e. The van der Waals surface area contributed by atoms with Crippen molar-refractivity contribution in [1.29, 1.82) is 0 Å². The van der Waals surface area contributed by atoms with Crippen LogP contribution in [0.3, 0.4) is 0 Å². The Morgan fingerprint density at radius 1 is 0.933 bits per heavy atom. The molecule has 3 aromatic rings. The van der Waals surface area contributed by atoms with Crippen molar-refractivity contribution < 1.29 is 17.9 Å². The maximum absolute atomic E-state index is 13.3. The van der Waals surface area contributed by atoms with Gasteiger partial charge < -0.3 is 10.1 Å². The number of aryl methyl sites for hydroxylation is 1. The zero-order chi connectivity index (χ0) is 21.6. The number of nitrogens with zero attached hydrogens (tertiary/aromatic N) is 1. The van der Waals surface area contributed by atoms with E-state index in [2.05, 4.69) is 5.32 Å². The predicted octanol–water partition coefficient (Wildman–Crippen LogP) is 4.23. The molecule has 30 heavy (non-hydrogen) atoms. The van der Waals surface area contributed by atoms with Crippen LogP contribution in [0.1, 0.15) is 12.5 Å². The number of hydrogen-bond acceptors (Lipinski definition) is 4. The Balaban J connectivity index is 1.90. The van der Waals surface area contributed by atoms with E-state index < -0.39 is 15.9 Å². The summed E-state index contributed by atoms with van der Waals surface area (Å²) in [5.74, 6) is 0.189. The third-order valence-electron chi connectivity index (χ3n) is 4.39. The summed E-state index contributed by atoms with van der Waals surface area (Å²) in [6.07, 6.45) is 0. The fourth-order valence-electron chi connectivity index (χ4n) is 2.88. The molecule has 1 amide bonds. The molecule has 0 bridgehead atoms. The summed E-state index contributed by atoms with van der Waals surface area (Å²) in [4.78, 5) is 12.8. The van der Waals surface area contributed by atoms with E-state index in [1.165, 1.54) is 12.1 Å². The van der Waals surface area contributed by atoms with Gasteiger partial charge in [0, 0.05) is 5.69 Å². The fraction of sp³-hybridized carbons (Fsp3) is 0.174. The second-order valence-corrected chi connectivity index (χ2v) is 8.53. The topological polar surface area (TPSA) is 75.7 Å². The van der Waals surface area contributed by atoms with E-state index in [0.717, 1.165) is 9.87 Å². The molecule has 0 spiro atoms. The van der Waals surface area contributed by atoms with Crippen molar-refractivity contribution in [2.45, 2.75) is 18.7 Å². The molecule has 0 heterocycles. The molecule has 6 nitrogen and oxygen atoms in total. The van der Waals surface area contributed by atoms with Crippen molar-refractivity contribution in [3.05, 3.63) is 84.4 Å². The summed E-state index contributed by atoms with van der Waals surface area (Å²) in [5, 5.41) is 2.75. The average Bonchev–Trinajstić information content (AvgIpc) is 2.75. The van der Waals surface area contributed by atoms with E-state index in [1.807, 2.05) is 26.0 Å². The number of hydrogen-bond donors (Lipinski definition) is 1. The van der Waals surface area contributed by atoms with E-state index in [4.69, 9.17) is 4.74 Å². The monoisotopic (exact) mass is 424 g/mol. The number of rotatable bonds is 8. The van der Waals surface area contributed by atoms with Gasteiger partial charge in [-0.3, -0.25) is 9.10 Å². The van der Waals surface area contributed by atoms with Gasteiger partial charge in [-0.05, 0) is 62.4 Å². The molecule has 0 aliphatic heterocycles. The molecule has 3 aromatic carbocycles. The summed E-state index contributed by atoms with van der Waals surface area (Å²) in [6, 6.07) is 22.0. The molecule has 156 valence electrons. The minimum absolute atomic E-state index is 0.113. The van der Waals surface area contributed by atoms with Crippen LogP contribution < -0.4 is 14.4 Å². The van der Waals surface area contributed by atoms with Crippen LogP contribution in [-0.2, 0) is 14.8 Å². The van der Waals surface area contributed by atoms with Crippen LogP contribution >= 0.6 is 0 Å². The van der Waals surface area contributed by atoms with Crippen molar-refractivity contribution >= 4 is 27.3 Å². The molecule has 0 aliphatic carbocycles. The number of anilines is 2. The summed E-state index contributed by atoms with van der Waals surface area (Å²) in [6.45, 7) is 3.96. The molecular weight excluding hydrogens is 400 g/mol. The first kappa shape index (κ1) is 21.4. The lowest BCUT2D eigenvalue weighted by molar-refractivity contribution is -0.114. The van der Waals surface area contributed by atoms with Gasteiger partial charge in [0.15, 0.2) is 0 Å². The van der Waals surface area contributed by atoms with Gasteiger partial charge in [-0.25, -0.2) is 8.42 Å². The molecular formula is C23H24N2O4S. The van der Waals surface area contributed by atoms with Gasteiger partial charge in [0.05, 0.1) is 17.2 Å². The number of nitrogens with one attached hydrogen (secondary N) is 1. The molecule has 0 saturated carbocycles. The van der Waals surface area contributed by atoms with Crippen LogP contribution in [0.5, 0.6) is 5.75 Å². The Morgan fingerprint density at radius 2 is 1.57 bits per heavy atom. The van der Waals surface area contributed by atoms with Crippen LogP contribution in [0, 0.1) is 6.92 Å². The van der Waals surface area contributed by atoms with Gasteiger partial charge >= 0.3 is 0 Å².